The van der Waals surface area contributed by atoms with Gasteiger partial charge in [0, 0.05) is 18.2 Å². The van der Waals surface area contributed by atoms with E-state index in [4.69, 9.17) is 16.7 Å². The fourth-order valence-corrected chi connectivity index (χ4v) is 4.68. The number of amides is 1. The number of nitrogens with zero attached hydrogens (tertiary/aromatic N) is 1. The molecule has 0 bridgehead atoms. The third kappa shape index (κ3) is 5.64. The van der Waals surface area contributed by atoms with Gasteiger partial charge in [0.1, 0.15) is 23.5 Å². The molecule has 0 fully saturated rings. The Labute approximate surface area is 172 Å². The van der Waals surface area contributed by atoms with Gasteiger partial charge < -0.3 is 10.4 Å². The quantitative estimate of drug-likeness (QED) is 0.266. The van der Waals surface area contributed by atoms with Crippen LogP contribution in [-0.4, -0.2) is 42.3 Å². The Morgan fingerprint density at radius 2 is 1.80 bits per heavy atom. The molecule has 13 heteroatoms. The van der Waals surface area contributed by atoms with Gasteiger partial charge in [0.15, 0.2) is 21.5 Å². The molecule has 2 aromatic rings. The van der Waals surface area contributed by atoms with Gasteiger partial charge in [0.25, 0.3) is 5.91 Å². The maximum atomic E-state index is 14.3. The summed E-state index contributed by atoms with van der Waals surface area (Å²) in [7, 11) is -4.76. The molecular weight excluding hydrogens is 459 g/mol. The summed E-state index contributed by atoms with van der Waals surface area (Å²) in [6.07, 6.45) is -0.590. The molecule has 1 unspecified atom stereocenters. The van der Waals surface area contributed by atoms with E-state index in [0.717, 1.165) is 18.3 Å². The molecule has 0 aliphatic heterocycles. The highest BCUT2D eigenvalue weighted by molar-refractivity contribution is 7.91. The van der Waals surface area contributed by atoms with Crippen molar-refractivity contribution >= 4 is 27.3 Å². The number of nitrogens with one attached hydrogen (secondary N) is 1. The van der Waals surface area contributed by atoms with Crippen molar-refractivity contribution in [3.63, 3.8) is 0 Å². The zero-order chi connectivity index (χ0) is 22.7. The van der Waals surface area contributed by atoms with Crippen LogP contribution in [0.4, 0.5) is 22.0 Å². The largest absolute Gasteiger partial charge is 0.376 e. The van der Waals surface area contributed by atoms with Gasteiger partial charge in [-0.1, -0.05) is 6.07 Å². The van der Waals surface area contributed by atoms with Crippen LogP contribution >= 0.6 is 11.6 Å². The van der Waals surface area contributed by atoms with Gasteiger partial charge in [-0.15, -0.1) is 0 Å². The summed E-state index contributed by atoms with van der Waals surface area (Å²) in [5.41, 5.74) is -1.91. The molecule has 2 N–H and O–H groups in total. The lowest BCUT2D eigenvalue weighted by molar-refractivity contribution is 0.0902. The summed E-state index contributed by atoms with van der Waals surface area (Å²) in [6, 6.07) is 2.87. The molecule has 1 heterocycles. The monoisotopic (exact) mass is 472 g/mol. The van der Waals surface area contributed by atoms with E-state index in [1.807, 2.05) is 5.32 Å². The van der Waals surface area contributed by atoms with Crippen LogP contribution in [0.5, 0.6) is 0 Å². The van der Waals surface area contributed by atoms with E-state index in [2.05, 4.69) is 4.98 Å². The summed E-state index contributed by atoms with van der Waals surface area (Å²) in [4.78, 5) is 15.3. The number of hydrogen-bond acceptors (Lipinski definition) is 5. The number of aromatic nitrogens is 1. The van der Waals surface area contributed by atoms with E-state index >= 15 is 0 Å². The zero-order valence-electron chi connectivity index (χ0n) is 14.9. The molecule has 2 rings (SSSR count). The number of carbonyl (C=O) groups is 1. The number of hydrogen-bond donors (Lipinski definition) is 2. The van der Waals surface area contributed by atoms with Crippen molar-refractivity contribution in [1.82, 2.24) is 10.3 Å². The highest BCUT2D eigenvalue weighted by atomic mass is 35.5. The molecule has 164 valence electrons. The van der Waals surface area contributed by atoms with Gasteiger partial charge in [0.05, 0.1) is 5.75 Å². The van der Waals surface area contributed by atoms with Gasteiger partial charge in [0.2, 0.25) is 0 Å². The minimum Gasteiger partial charge on any atom is -0.376 e. The van der Waals surface area contributed by atoms with Crippen molar-refractivity contribution in [3.8, 4) is 0 Å². The van der Waals surface area contributed by atoms with Gasteiger partial charge in [-0.2, -0.15) is 8.78 Å². The first kappa shape index (κ1) is 24.0. The van der Waals surface area contributed by atoms with E-state index < -0.39 is 73.9 Å². The SMILES string of the molecule is O=C(NCO)c1ccc(C(c2c(F)ccc(F)c2F)S(=O)(=O)CCC(F)(F)Cl)cn1. The predicted octanol–water partition coefficient (Wildman–Crippen LogP) is 2.90. The molecule has 6 nitrogen and oxygen atoms in total. The Bertz CT molecular complexity index is 1030. The number of halogens is 6. The minimum atomic E-state index is -4.76. The third-order valence-corrected chi connectivity index (χ3v) is 6.12. The van der Waals surface area contributed by atoms with E-state index in [-0.39, 0.29) is 5.69 Å². The summed E-state index contributed by atoms with van der Waals surface area (Å²) < 4.78 is 93.8. The average molecular weight is 473 g/mol. The van der Waals surface area contributed by atoms with Crippen molar-refractivity contribution in [2.75, 3.05) is 12.5 Å². The number of pyridine rings is 1. The lowest BCUT2D eigenvalue weighted by Crippen LogP contribution is -2.26. The number of alkyl halides is 3. The summed E-state index contributed by atoms with van der Waals surface area (Å²) >= 11 is 4.73. The maximum absolute atomic E-state index is 14.3. The lowest BCUT2D eigenvalue weighted by Gasteiger charge is -2.21. The van der Waals surface area contributed by atoms with Crippen LogP contribution in [-0.2, 0) is 9.84 Å². The minimum absolute atomic E-state index is 0.281. The average Bonchev–Trinajstić information content (AvgIpc) is 2.66. The molecule has 0 radical (unpaired) electrons. The Kier molecular flexibility index (Phi) is 7.37. The highest BCUT2D eigenvalue weighted by Crippen LogP contribution is 2.36. The fraction of sp³-hybridized carbons (Fsp3) is 0.294. The van der Waals surface area contributed by atoms with Gasteiger partial charge in [-0.05, 0) is 35.4 Å². The molecule has 1 aromatic heterocycles. The fourth-order valence-electron chi connectivity index (χ4n) is 2.57. The summed E-state index contributed by atoms with van der Waals surface area (Å²) in [5.74, 6) is -6.92. The second-order valence-electron chi connectivity index (χ2n) is 6.01. The van der Waals surface area contributed by atoms with Crippen LogP contribution in [0.2, 0.25) is 0 Å². The van der Waals surface area contributed by atoms with Crippen molar-refractivity contribution < 1.29 is 40.3 Å². The van der Waals surface area contributed by atoms with E-state index in [9.17, 15) is 35.2 Å². The topological polar surface area (TPSA) is 96.4 Å². The standard InChI is InChI=1S/C17H14ClF5N2O4S/c18-17(22,23)5-6-30(28,29)15(13-10(19)2-3-11(20)14(13)21)9-1-4-12(24-7-9)16(27)25-8-26/h1-4,7,15,26H,5-6,8H2,(H,25,27). The molecule has 1 atom stereocenters. The molecule has 0 aliphatic carbocycles. The van der Waals surface area contributed by atoms with Gasteiger partial charge in [-0.3, -0.25) is 9.78 Å². The summed E-state index contributed by atoms with van der Waals surface area (Å²) in [6.45, 7) is -0.717. The van der Waals surface area contributed by atoms with Crippen molar-refractivity contribution in [1.29, 1.82) is 0 Å². The van der Waals surface area contributed by atoms with Crippen LogP contribution in [0.15, 0.2) is 30.5 Å². The van der Waals surface area contributed by atoms with Crippen molar-refractivity contribution in [3.05, 3.63) is 64.7 Å². The first-order valence-electron chi connectivity index (χ1n) is 8.14. The number of sulfone groups is 1. The first-order chi connectivity index (χ1) is 13.9. The second kappa shape index (κ2) is 9.23. The molecule has 1 amide bonds. The maximum Gasteiger partial charge on any atom is 0.322 e. The summed E-state index contributed by atoms with van der Waals surface area (Å²) in [5, 5.41) is 4.54. The molecule has 0 aliphatic rings. The number of carbonyl (C=O) groups excluding carboxylic acids is 1. The number of rotatable bonds is 8. The van der Waals surface area contributed by atoms with Gasteiger partial charge in [-0.25, -0.2) is 21.6 Å². The zero-order valence-corrected chi connectivity index (χ0v) is 16.5. The normalized spacial score (nSPS) is 13.2. The number of benzene rings is 1. The Hall–Kier alpha value is -2.31. The molecule has 1 aromatic carbocycles. The molecule has 0 saturated heterocycles. The molecule has 0 saturated carbocycles. The van der Waals surface area contributed by atoms with Crippen LogP contribution in [0, 0.1) is 17.5 Å². The molecule has 30 heavy (non-hydrogen) atoms. The number of aliphatic hydroxyl groups excluding tert-OH is 1. The highest BCUT2D eigenvalue weighted by Gasteiger charge is 2.38. The van der Waals surface area contributed by atoms with Crippen LogP contribution in [0.25, 0.3) is 0 Å². The van der Waals surface area contributed by atoms with E-state index in [1.54, 1.807) is 0 Å². The van der Waals surface area contributed by atoms with Crippen LogP contribution in [0.1, 0.15) is 33.3 Å². The van der Waals surface area contributed by atoms with Crippen molar-refractivity contribution in [2.45, 2.75) is 17.1 Å². The smallest absolute Gasteiger partial charge is 0.322 e. The predicted molar refractivity (Wildman–Crippen MR) is 96.2 cm³/mol. The van der Waals surface area contributed by atoms with E-state index in [0.29, 0.717) is 12.1 Å². The van der Waals surface area contributed by atoms with E-state index in [1.165, 1.54) is 0 Å². The second-order valence-corrected chi connectivity index (χ2v) is 8.77. The number of aliphatic hydroxyl groups is 1. The third-order valence-electron chi connectivity index (χ3n) is 3.93. The molecular formula is C17H14ClF5N2O4S. The Morgan fingerprint density at radius 3 is 2.33 bits per heavy atom. The molecule has 0 spiro atoms. The van der Waals surface area contributed by atoms with Crippen LogP contribution < -0.4 is 5.32 Å². The Balaban J connectivity index is 2.61. The lowest BCUT2D eigenvalue weighted by atomic mass is 10.0. The first-order valence-corrected chi connectivity index (χ1v) is 10.2. The Morgan fingerprint density at radius 1 is 1.17 bits per heavy atom. The van der Waals surface area contributed by atoms with Crippen molar-refractivity contribution in [2.24, 2.45) is 0 Å². The van der Waals surface area contributed by atoms with Crippen LogP contribution in [0.3, 0.4) is 0 Å². The van der Waals surface area contributed by atoms with Gasteiger partial charge >= 0.3 is 5.38 Å².